The van der Waals surface area contributed by atoms with Crippen molar-refractivity contribution in [1.82, 2.24) is 0 Å². The number of methoxy groups -OCH3 is 1. The fraction of sp³-hybridized carbons (Fsp3) is 0.200. The van der Waals surface area contributed by atoms with Crippen LogP contribution in [0.15, 0.2) is 12.1 Å². The lowest BCUT2D eigenvalue weighted by atomic mass is 10.0. The van der Waals surface area contributed by atoms with Crippen molar-refractivity contribution in [1.29, 1.82) is 5.26 Å². The second-order valence-electron chi connectivity index (χ2n) is 2.71. The minimum Gasteiger partial charge on any atom is -0.465 e. The highest BCUT2D eigenvalue weighted by Crippen LogP contribution is 2.18. The Morgan fingerprint density at radius 3 is 2.80 bits per heavy atom. The average molecular weight is 209 g/mol. The Hall–Kier alpha value is -1.93. The number of hydrogen-bond acceptors (Lipinski definition) is 4. The van der Waals surface area contributed by atoms with Crippen LogP contribution in [-0.4, -0.2) is 18.2 Å². The Morgan fingerprint density at radius 2 is 2.33 bits per heavy atom. The normalized spacial score (nSPS) is 9.47. The maximum absolute atomic E-state index is 13.1. The fourth-order valence-corrected chi connectivity index (χ4v) is 1.21. The van der Waals surface area contributed by atoms with Crippen LogP contribution in [0.25, 0.3) is 0 Å². The molecule has 0 saturated heterocycles. The minimum absolute atomic E-state index is 0.00190. The van der Waals surface area contributed by atoms with Crippen molar-refractivity contribution in [2.24, 2.45) is 0 Å². The Balaban J connectivity index is 3.43. The summed E-state index contributed by atoms with van der Waals surface area (Å²) in [6.45, 7) is -0.592. The number of benzene rings is 1. The largest absolute Gasteiger partial charge is 0.465 e. The molecular formula is C10H8FNO3. The number of aliphatic hydroxyl groups excluding tert-OH is 1. The predicted molar refractivity (Wildman–Crippen MR) is 48.4 cm³/mol. The number of nitrogens with zero attached hydrogens (tertiary/aromatic N) is 1. The van der Waals surface area contributed by atoms with Crippen molar-refractivity contribution in [3.63, 3.8) is 0 Å². The molecule has 0 aliphatic carbocycles. The number of halogens is 1. The fourth-order valence-electron chi connectivity index (χ4n) is 1.21. The molecule has 78 valence electrons. The third-order valence-corrected chi connectivity index (χ3v) is 1.94. The standard InChI is InChI=1S/C10H8FNO3/c1-15-10(14)6-2-3-9(11)7(4-12)8(6)5-13/h2-3,13H,5H2,1H3. The van der Waals surface area contributed by atoms with Gasteiger partial charge in [-0.1, -0.05) is 0 Å². The van der Waals surface area contributed by atoms with Gasteiger partial charge in [-0.3, -0.25) is 0 Å². The minimum atomic E-state index is -0.769. The van der Waals surface area contributed by atoms with Gasteiger partial charge in [0.25, 0.3) is 0 Å². The van der Waals surface area contributed by atoms with E-state index >= 15 is 0 Å². The summed E-state index contributed by atoms with van der Waals surface area (Å²) >= 11 is 0. The van der Waals surface area contributed by atoms with Gasteiger partial charge in [0.15, 0.2) is 0 Å². The number of hydrogen-bond donors (Lipinski definition) is 1. The third kappa shape index (κ3) is 1.95. The van der Waals surface area contributed by atoms with Crippen molar-refractivity contribution in [2.45, 2.75) is 6.61 Å². The molecule has 0 fully saturated rings. The molecule has 0 amide bonds. The highest BCUT2D eigenvalue weighted by atomic mass is 19.1. The van der Waals surface area contributed by atoms with Crippen molar-refractivity contribution in [2.75, 3.05) is 7.11 Å². The summed E-state index contributed by atoms with van der Waals surface area (Å²) in [4.78, 5) is 11.2. The Morgan fingerprint density at radius 1 is 1.67 bits per heavy atom. The first kappa shape index (κ1) is 11.1. The molecule has 0 unspecified atom stereocenters. The van der Waals surface area contributed by atoms with E-state index in [1.165, 1.54) is 13.2 Å². The summed E-state index contributed by atoms with van der Waals surface area (Å²) in [5.41, 5.74) is -0.386. The number of rotatable bonds is 2. The first-order valence-electron chi connectivity index (χ1n) is 4.06. The van der Waals surface area contributed by atoms with Crippen LogP contribution in [-0.2, 0) is 11.3 Å². The quantitative estimate of drug-likeness (QED) is 0.737. The first-order chi connectivity index (χ1) is 7.15. The van der Waals surface area contributed by atoms with Gasteiger partial charge in [-0.2, -0.15) is 5.26 Å². The molecule has 15 heavy (non-hydrogen) atoms. The molecule has 0 saturated carbocycles. The van der Waals surface area contributed by atoms with Crippen LogP contribution in [0.2, 0.25) is 0 Å². The van der Waals surface area contributed by atoms with E-state index in [0.717, 1.165) is 6.07 Å². The maximum atomic E-state index is 13.1. The lowest BCUT2D eigenvalue weighted by Crippen LogP contribution is -2.08. The molecule has 0 aliphatic heterocycles. The third-order valence-electron chi connectivity index (χ3n) is 1.94. The summed E-state index contributed by atoms with van der Waals surface area (Å²) < 4.78 is 17.5. The van der Waals surface area contributed by atoms with Crippen LogP contribution in [0.4, 0.5) is 4.39 Å². The highest BCUT2D eigenvalue weighted by molar-refractivity contribution is 5.91. The molecule has 1 N–H and O–H groups in total. The van der Waals surface area contributed by atoms with Gasteiger partial charge in [-0.25, -0.2) is 9.18 Å². The number of carbonyl (C=O) groups excluding carboxylic acids is 1. The van der Waals surface area contributed by atoms with E-state index in [1.807, 2.05) is 0 Å². The zero-order valence-corrected chi connectivity index (χ0v) is 7.95. The van der Waals surface area contributed by atoms with Gasteiger partial charge in [-0.05, 0) is 12.1 Å². The Labute approximate surface area is 85.5 Å². The molecule has 5 heteroatoms. The van der Waals surface area contributed by atoms with Crippen LogP contribution in [0.3, 0.4) is 0 Å². The van der Waals surface area contributed by atoms with Crippen molar-refractivity contribution in [3.05, 3.63) is 34.6 Å². The molecule has 0 spiro atoms. The number of carbonyl (C=O) groups is 1. The van der Waals surface area contributed by atoms with Crippen molar-refractivity contribution in [3.8, 4) is 6.07 Å². The number of aliphatic hydroxyl groups is 1. The van der Waals surface area contributed by atoms with Crippen molar-refractivity contribution < 1.29 is 19.0 Å². The van der Waals surface area contributed by atoms with Gasteiger partial charge < -0.3 is 9.84 Å². The van der Waals surface area contributed by atoms with Crippen LogP contribution in [0, 0.1) is 17.1 Å². The number of nitriles is 1. The highest BCUT2D eigenvalue weighted by Gasteiger charge is 2.17. The number of esters is 1. The van der Waals surface area contributed by atoms with Gasteiger partial charge in [0, 0.05) is 5.56 Å². The predicted octanol–water partition coefficient (Wildman–Crippen LogP) is 0.976. The SMILES string of the molecule is COC(=O)c1ccc(F)c(C#N)c1CO. The zero-order chi connectivity index (χ0) is 11.4. The van der Waals surface area contributed by atoms with Gasteiger partial charge in [0.05, 0.1) is 24.8 Å². The number of ether oxygens (including phenoxy) is 1. The zero-order valence-electron chi connectivity index (χ0n) is 7.95. The molecular weight excluding hydrogens is 201 g/mol. The van der Waals surface area contributed by atoms with E-state index < -0.39 is 18.4 Å². The molecule has 0 aliphatic rings. The molecule has 1 aromatic rings. The maximum Gasteiger partial charge on any atom is 0.338 e. The summed E-state index contributed by atoms with van der Waals surface area (Å²) in [7, 11) is 1.17. The summed E-state index contributed by atoms with van der Waals surface area (Å²) in [5.74, 6) is -1.48. The Kier molecular flexibility index (Phi) is 3.37. The molecule has 4 nitrogen and oxygen atoms in total. The topological polar surface area (TPSA) is 70.3 Å². The molecule has 0 aromatic heterocycles. The molecule has 0 radical (unpaired) electrons. The molecule has 0 bridgehead atoms. The van der Waals surface area contributed by atoms with Crippen molar-refractivity contribution >= 4 is 5.97 Å². The smallest absolute Gasteiger partial charge is 0.338 e. The van der Waals surface area contributed by atoms with Crippen LogP contribution < -0.4 is 0 Å². The average Bonchev–Trinajstić information content (AvgIpc) is 2.27. The lowest BCUT2D eigenvalue weighted by molar-refractivity contribution is 0.0597. The first-order valence-corrected chi connectivity index (χ1v) is 4.06. The molecule has 0 heterocycles. The Bertz CT molecular complexity index is 437. The molecule has 1 aromatic carbocycles. The van der Waals surface area contributed by atoms with Crippen LogP contribution in [0.1, 0.15) is 21.5 Å². The summed E-state index contributed by atoms with van der Waals surface area (Å²) in [5, 5.41) is 17.6. The van der Waals surface area contributed by atoms with Crippen LogP contribution in [0.5, 0.6) is 0 Å². The molecule has 1 rings (SSSR count). The van der Waals surface area contributed by atoms with Crippen LogP contribution >= 0.6 is 0 Å². The van der Waals surface area contributed by atoms with E-state index in [2.05, 4.69) is 4.74 Å². The van der Waals surface area contributed by atoms with E-state index in [0.29, 0.717) is 0 Å². The van der Waals surface area contributed by atoms with Gasteiger partial charge >= 0.3 is 5.97 Å². The summed E-state index contributed by atoms with van der Waals surface area (Å²) in [6, 6.07) is 3.76. The van der Waals surface area contributed by atoms with E-state index in [4.69, 9.17) is 10.4 Å². The monoisotopic (exact) mass is 209 g/mol. The van der Waals surface area contributed by atoms with Gasteiger partial charge in [0.2, 0.25) is 0 Å². The molecule has 0 atom stereocenters. The van der Waals surface area contributed by atoms with E-state index in [1.54, 1.807) is 6.07 Å². The second kappa shape index (κ2) is 4.53. The van der Waals surface area contributed by atoms with E-state index in [-0.39, 0.29) is 16.7 Å². The second-order valence-corrected chi connectivity index (χ2v) is 2.71. The van der Waals surface area contributed by atoms with Gasteiger partial charge in [0.1, 0.15) is 11.9 Å². The summed E-state index contributed by atoms with van der Waals surface area (Å²) in [6.07, 6.45) is 0. The van der Waals surface area contributed by atoms with E-state index in [9.17, 15) is 9.18 Å². The lowest BCUT2D eigenvalue weighted by Gasteiger charge is -2.07. The van der Waals surface area contributed by atoms with Gasteiger partial charge in [-0.15, -0.1) is 0 Å².